The molecule has 0 atom stereocenters. The molecule has 0 rings (SSSR count). The van der Waals surface area contributed by atoms with E-state index in [2.05, 4.69) is 15.7 Å². The summed E-state index contributed by atoms with van der Waals surface area (Å²) in [6.45, 7) is 4.63. The molecule has 6 heteroatoms. The van der Waals surface area contributed by atoms with Crippen LogP contribution in [0.3, 0.4) is 0 Å². The normalized spacial score (nSPS) is 11.8. The van der Waals surface area contributed by atoms with E-state index in [0.717, 1.165) is 43.1 Å². The number of nitrogens with two attached hydrogens (primary N) is 1. The Bertz CT molecular complexity index is 271. The Morgan fingerprint density at radius 2 is 2.22 bits per heavy atom. The summed E-state index contributed by atoms with van der Waals surface area (Å²) in [7, 11) is 0. The first-order valence-corrected chi connectivity index (χ1v) is 8.56. The van der Waals surface area contributed by atoms with Gasteiger partial charge < -0.3 is 4.79 Å². The summed E-state index contributed by atoms with van der Waals surface area (Å²) in [5.41, 5.74) is 5.45. The van der Waals surface area contributed by atoms with E-state index >= 15 is 0 Å². The molecule has 0 aliphatic rings. The molecule has 0 amide bonds. The molecule has 3 nitrogen and oxygen atoms in total. The molecule has 0 saturated heterocycles. The van der Waals surface area contributed by atoms with Crippen molar-refractivity contribution in [1.29, 1.82) is 0 Å². The Balaban J connectivity index is 0. The van der Waals surface area contributed by atoms with E-state index in [-0.39, 0.29) is 26.5 Å². The minimum atomic E-state index is -0.330. The summed E-state index contributed by atoms with van der Waals surface area (Å²) in [6.07, 6.45) is 4.96. The first-order chi connectivity index (χ1) is 8.02. The van der Waals surface area contributed by atoms with Crippen LogP contribution in [-0.4, -0.2) is 34.6 Å². The largest absolute Gasteiger partial charge is 0 e. The molecule has 0 aromatic carbocycles. The molecule has 104 valence electrons. The zero-order valence-corrected chi connectivity index (χ0v) is 17.7. The number of rotatable bonds is 10. The van der Waals surface area contributed by atoms with Crippen molar-refractivity contribution < 1.29 is 45.2 Å². The van der Waals surface area contributed by atoms with Crippen LogP contribution >= 0.6 is 11.8 Å². The van der Waals surface area contributed by atoms with Gasteiger partial charge in [0.15, 0.2) is 0 Å². The smallest absolute Gasteiger partial charge is 0 e. The molecular formula is C12H21N2OSW2-. The van der Waals surface area contributed by atoms with Crippen molar-refractivity contribution in [1.82, 2.24) is 0 Å². The predicted octanol–water partition coefficient (Wildman–Crippen LogP) is 1.73. The van der Waals surface area contributed by atoms with Gasteiger partial charge in [-0.05, 0) is 0 Å². The molecule has 0 fully saturated rings. The number of nitrogens with zero attached hydrogens (tertiary/aromatic N) is 1. The Hall–Kier alpha value is 0.737. The first-order valence-electron chi connectivity index (χ1n) is 5.71. The van der Waals surface area contributed by atoms with E-state index in [0.29, 0.717) is 0 Å². The maximum absolute atomic E-state index is 10.6. The Morgan fingerprint density at radius 3 is 2.78 bits per heavy atom. The maximum atomic E-state index is 10.6. The molecule has 0 aliphatic carbocycles. The minimum Gasteiger partial charge on any atom is 0 e. The molecule has 0 radical (unpaired) electrons. The molecule has 0 unspecified atom stereocenters. The molecule has 0 aromatic rings. The zero-order chi connectivity index (χ0) is 13.1. The zero-order valence-electron chi connectivity index (χ0n) is 11.0. The van der Waals surface area contributed by atoms with E-state index in [4.69, 9.17) is 5.73 Å². The fourth-order valence-electron chi connectivity index (χ4n) is 1.05. The average molecular weight is 609 g/mol. The van der Waals surface area contributed by atoms with Crippen LogP contribution in [-0.2, 0) is 45.2 Å². The van der Waals surface area contributed by atoms with E-state index in [1.807, 2.05) is 13.8 Å². The van der Waals surface area contributed by atoms with Crippen molar-refractivity contribution in [3.63, 3.8) is 0 Å². The van der Waals surface area contributed by atoms with Crippen molar-refractivity contribution in [2.75, 3.05) is 18.1 Å². The van der Waals surface area contributed by atoms with Crippen molar-refractivity contribution in [3.05, 3.63) is 0 Å². The molecule has 2 N–H and O–H groups in total. The quantitative estimate of drug-likeness (QED) is 0.178. The minimum absolute atomic E-state index is 0. The van der Waals surface area contributed by atoms with Gasteiger partial charge in [-0.3, -0.25) is 0 Å². The van der Waals surface area contributed by atoms with Crippen molar-refractivity contribution in [3.8, 4) is 0 Å². The fourth-order valence-corrected chi connectivity index (χ4v) is 2.49. The molecule has 0 aliphatic heterocycles. The second-order valence-corrected chi connectivity index (χ2v) is 6.77. The number of amidine groups is 1. The number of thioether (sulfide) groups is 1. The monoisotopic (exact) mass is 609 g/mol. The van der Waals surface area contributed by atoms with Gasteiger partial charge in [-0.25, -0.2) is 0 Å². The maximum Gasteiger partial charge on any atom is 0 e. The van der Waals surface area contributed by atoms with Gasteiger partial charge in [0, 0.05) is 21.1 Å². The van der Waals surface area contributed by atoms with Crippen LogP contribution in [0, 0.1) is 5.41 Å². The van der Waals surface area contributed by atoms with Crippen LogP contribution in [0.4, 0.5) is 0 Å². The van der Waals surface area contributed by atoms with Gasteiger partial charge in [-0.2, -0.15) is 0 Å². The number of aliphatic imine (C=N–C) groups is 1. The second kappa shape index (κ2) is 12.8. The van der Waals surface area contributed by atoms with E-state index in [9.17, 15) is 4.79 Å². The standard InChI is InChI=1S/C12H21N2OS.2W/c1-4-7-14-11(13)6-5-8-16-10-12(2,3)9-15;;/h1H,4-8,10H2,2-3H3,(H2,13,14);;/q-1;;. The topological polar surface area (TPSA) is 55.5 Å². The Morgan fingerprint density at radius 1 is 1.56 bits per heavy atom. The van der Waals surface area contributed by atoms with Gasteiger partial charge >= 0.3 is 115 Å². The molecule has 0 spiro atoms. The van der Waals surface area contributed by atoms with Gasteiger partial charge in [0.25, 0.3) is 0 Å². The predicted molar refractivity (Wildman–Crippen MR) is 73.2 cm³/mol. The summed E-state index contributed by atoms with van der Waals surface area (Å²) in [5.74, 6) is 2.59. The molecule has 0 aromatic heterocycles. The van der Waals surface area contributed by atoms with Crippen LogP contribution in [0.1, 0.15) is 33.1 Å². The van der Waals surface area contributed by atoms with Gasteiger partial charge in [-0.15, -0.1) is 0 Å². The van der Waals surface area contributed by atoms with Crippen molar-refractivity contribution >= 4 is 28.3 Å². The summed E-state index contributed by atoms with van der Waals surface area (Å²) >= 11 is 3.27. The van der Waals surface area contributed by atoms with Crippen molar-refractivity contribution in [2.45, 2.75) is 33.1 Å². The number of hydrogen-bond donors (Lipinski definition) is 1. The fraction of sp³-hybridized carbons (Fsp3) is 0.750. The van der Waals surface area contributed by atoms with Crippen molar-refractivity contribution in [2.24, 2.45) is 16.1 Å². The number of carbonyl (C=O) groups excluding carboxylic acids is 1. The third-order valence-electron chi connectivity index (χ3n) is 2.02. The van der Waals surface area contributed by atoms with Crippen LogP contribution in [0.5, 0.6) is 0 Å². The van der Waals surface area contributed by atoms with E-state index < -0.39 is 0 Å². The summed E-state index contributed by atoms with van der Waals surface area (Å²) in [6, 6.07) is 0. The molecule has 18 heavy (non-hydrogen) atoms. The third kappa shape index (κ3) is 13.2. The average Bonchev–Trinajstić information content (AvgIpc) is 2.29. The van der Waals surface area contributed by atoms with E-state index in [1.54, 1.807) is 11.8 Å². The molecular weight excluding hydrogens is 588 g/mol. The molecule has 0 heterocycles. The van der Waals surface area contributed by atoms with Crippen LogP contribution in [0.2, 0.25) is 0 Å². The van der Waals surface area contributed by atoms with Gasteiger partial charge in [0.1, 0.15) is 0 Å². The SMILES string of the molecule is CC(C)([C-]=O)CSCCCC(N)=NCC[CH]=[W].[W]. The van der Waals surface area contributed by atoms with Gasteiger partial charge in [-0.1, -0.05) is 0 Å². The third-order valence-corrected chi connectivity index (χ3v) is 4.37. The summed E-state index contributed by atoms with van der Waals surface area (Å²) < 4.78 is 2.17. The Kier molecular flexibility index (Phi) is 14.9. The second-order valence-electron chi connectivity index (χ2n) is 4.47. The Labute approximate surface area is 140 Å². The van der Waals surface area contributed by atoms with Crippen LogP contribution in [0.15, 0.2) is 4.99 Å². The molecule has 0 saturated carbocycles. The van der Waals surface area contributed by atoms with E-state index in [1.165, 1.54) is 19.4 Å². The van der Waals surface area contributed by atoms with Gasteiger partial charge in [0.2, 0.25) is 0 Å². The van der Waals surface area contributed by atoms with Gasteiger partial charge in [0.05, 0.1) is 0 Å². The number of hydrogen-bond acceptors (Lipinski definition) is 3. The summed E-state index contributed by atoms with van der Waals surface area (Å²) in [5, 5.41) is 0. The van der Waals surface area contributed by atoms with Crippen LogP contribution in [0.25, 0.3) is 0 Å². The molecule has 0 bridgehead atoms. The van der Waals surface area contributed by atoms with Crippen LogP contribution < -0.4 is 5.73 Å². The summed E-state index contributed by atoms with van der Waals surface area (Å²) in [4.78, 5) is 14.8. The first kappa shape index (κ1) is 21.0.